The number of hydrogen-bond donors (Lipinski definition) is 4. The van der Waals surface area contributed by atoms with Gasteiger partial charge in [0.1, 0.15) is 72.4 Å². The number of carbonyl (C=O) groups is 3. The van der Waals surface area contributed by atoms with E-state index in [0.717, 1.165) is 21.0 Å². The first-order valence-electron chi connectivity index (χ1n) is 67.4. The third-order valence-corrected chi connectivity index (χ3v) is 14.8. The molecule has 0 unspecified atom stereocenters. The quantitative estimate of drug-likeness (QED) is 0.0268. The van der Waals surface area contributed by atoms with E-state index in [1.54, 1.807) is 12.1 Å². The lowest BCUT2D eigenvalue weighted by molar-refractivity contribution is -0.114. The molecule has 0 aliphatic rings. The number of allylic oxidation sites excluding steroid dienone is 2. The maximum Gasteiger partial charge on any atom is 0.248 e. The summed E-state index contributed by atoms with van der Waals surface area (Å²) in [5.41, 5.74) is -16.4. The van der Waals surface area contributed by atoms with Crippen LogP contribution < -0.4 is 49.7 Å². The molecular formula is C95H95Cl3N16O9. The fourth-order valence-corrected chi connectivity index (χ4v) is 9.65. The van der Waals surface area contributed by atoms with Gasteiger partial charge in [0.05, 0.1) is 170 Å². The topological polar surface area (TPSA) is 313 Å². The van der Waals surface area contributed by atoms with E-state index < -0.39 is 496 Å². The number of rotatable bonds is 35. The smallest absolute Gasteiger partial charge is 0.248 e. The lowest BCUT2D eigenvalue weighted by atomic mass is 10.0. The number of hydrogen-bond acceptors (Lipinski definition) is 24. The standard InChI is InChI=1S/2C32H32ClN5O3.C31H31ClN6O3/c2*1-5-40-31-17-29-27(15-22(31)14-26(39)10-7-13-38(3)4)32(23(18-34)19-35-29)37-24-11-12-30(28(33)16-24)41-20-25-9-6-8-21(2)36-25;1-5-40-29-16-26-24(15-27(29)37-30(39)10-7-13-38(3)4)31(21(17-33)18-34-26)36-22-11-12-28(25(32)14-22)41-19-23-9-6-8-20(2)35-23/h2*6-12,15-17,19H,5,13-14,20H2,1-4H3,(H,35,37);6-12,14-16,18H,5,13,19H2,1-4H3,(H,34,36)(H,37,39)/b3*10-7+/i1D3,3D3,5D2,6D,7D,8D,9D,10D,11D,12D,13D2,15D,16D,17D,19D,20D2;3D3,5D2,6D,7D,8D,9D,10D,11D,12D,13D2,15D,16D,17D,19D,20D2;1D3,3D3,5D2,6D,7D,8D,9D,10D,11D,12D,13D2,14D,15D,16D,18D,19D2/hD2. The Morgan fingerprint density at radius 1 is 0.480 bits per heavy atom. The molecule has 0 saturated heterocycles. The Morgan fingerprint density at radius 3 is 1.26 bits per heavy atom. The van der Waals surface area contributed by atoms with Crippen molar-refractivity contribution in [1.29, 1.82) is 15.8 Å². The second-order valence-corrected chi connectivity index (χ2v) is 24.1. The minimum absolute atomic E-state index is 0.0317. The number of pyridine rings is 6. The van der Waals surface area contributed by atoms with Crippen LogP contribution in [0.1, 0.15) is 173 Å². The number of fused-ring (bicyclic) bond motifs is 3. The van der Waals surface area contributed by atoms with Gasteiger partial charge in [-0.1, -0.05) is 71.1 Å². The van der Waals surface area contributed by atoms with Gasteiger partial charge in [-0.2, -0.15) is 15.8 Å². The van der Waals surface area contributed by atoms with Crippen molar-refractivity contribution in [2.24, 2.45) is 0 Å². The number of anilines is 7. The highest BCUT2D eigenvalue weighted by molar-refractivity contribution is 6.33. The van der Waals surface area contributed by atoms with Crippen LogP contribution in [0.15, 0.2) is 200 Å². The fourth-order valence-electron chi connectivity index (χ4n) is 9.11. The summed E-state index contributed by atoms with van der Waals surface area (Å²) < 4.78 is 590. The SMILES string of the molecule is [2H]/C(C(=O)Cc1c(OC([2H])([2H])C([2H])([2H])[2H])c([2H])c2nc([2H])c(C#N)c(Nc3c([2H])c([2H])c(OC([2H])([2H])c4nc(C)c([2H])c([2H])c4[2H])c(Cl)c3[2H])c2c1[2H])=C(/[2H])C([2H])([2H])N(C)C([2H])([2H])[2H].[2H]/C(C(=O)Cc1c(OC([2H])([2H])C)c([2H])c2nc([2H])c(C#N)c(Nc3c([2H])c([2H])c(OC([2H])([2H])c4nc(C)c([2H])c([2H])c4[2H])c(Cl)c3[2H])c2c1[2H])=C(/[2H])C([2H])([2H])N(C)C([2H])([2H])[2H].[2H]/C(C(=O)N([2H])c1c(OC([2H])([2H])C([2H])([2H])[2H])c([2H])c2nc([2H])c(C#N)c(N([2H])c3c([2H])c([2H])c(OC([2H])([2H])c4nc(C)c([2H])c([2H])c4[2H])c(Cl)c3[2H])c2c1[2H])=C(/[2H])C([2H])([2H])N(C)C([2H])([2H])[2H]. The molecule has 123 heavy (non-hydrogen) atoms. The normalized spacial score (nSPS) is 21.1. The molecule has 0 aliphatic carbocycles. The Morgan fingerprint density at radius 2 is 0.854 bits per heavy atom. The molecule has 0 atom stereocenters. The molecule has 12 aromatic rings. The molecule has 28 heteroatoms. The van der Waals surface area contributed by atoms with Crippen molar-refractivity contribution in [3.8, 4) is 52.7 Å². The number of aromatic nitrogens is 6. The summed E-state index contributed by atoms with van der Waals surface area (Å²) in [5, 5.41) is 29.7. The van der Waals surface area contributed by atoms with Gasteiger partial charge < -0.3 is 64.4 Å². The van der Waals surface area contributed by atoms with E-state index in [4.69, 9.17) is 152 Å². The summed E-state index contributed by atoms with van der Waals surface area (Å²) in [6.07, 6.45) is -5.60. The maximum atomic E-state index is 13.7. The van der Waals surface area contributed by atoms with E-state index in [1.165, 1.54) is 26.8 Å². The van der Waals surface area contributed by atoms with Crippen LogP contribution in [0.25, 0.3) is 32.7 Å². The minimum Gasteiger partial charge on any atom is -0.494 e. The number of ether oxygens (including phenoxy) is 6. The van der Waals surface area contributed by atoms with Crippen molar-refractivity contribution in [3.63, 3.8) is 0 Å². The number of ketones is 2. The molecule has 0 aliphatic heterocycles. The van der Waals surface area contributed by atoms with Crippen molar-refractivity contribution in [3.05, 3.63) is 277 Å². The Kier molecular flexibility index (Phi) is 13.6. The highest BCUT2D eigenvalue weighted by Crippen LogP contribution is 2.41. The predicted octanol–water partition coefficient (Wildman–Crippen LogP) is 19.1. The Bertz CT molecular complexity index is 9640. The van der Waals surface area contributed by atoms with Crippen LogP contribution in [-0.2, 0) is 46.9 Å². The molecule has 630 valence electrons. The predicted molar refractivity (Wildman–Crippen MR) is 486 cm³/mol. The van der Waals surface area contributed by atoms with Crippen LogP contribution in [0.5, 0.6) is 34.5 Å². The molecule has 0 fully saturated rings. The second kappa shape index (κ2) is 45.2. The first kappa shape index (κ1) is 37.0. The van der Waals surface area contributed by atoms with Crippen molar-refractivity contribution in [1.82, 2.24) is 44.6 Å². The van der Waals surface area contributed by atoms with Crippen molar-refractivity contribution >= 4 is 125 Å². The molecule has 6 heterocycles. The van der Waals surface area contributed by atoms with E-state index >= 15 is 0 Å². The van der Waals surface area contributed by atoms with E-state index in [2.05, 4.69) is 40.5 Å². The summed E-state index contributed by atoms with van der Waals surface area (Å²) in [5.74, 6) is -11.6. The zero-order valence-corrected chi connectivity index (χ0v) is 65.8. The summed E-state index contributed by atoms with van der Waals surface area (Å²) >= 11 is 19.2. The van der Waals surface area contributed by atoms with Gasteiger partial charge in [-0.3, -0.25) is 44.3 Å². The van der Waals surface area contributed by atoms with Crippen LogP contribution >= 0.6 is 34.8 Å². The monoisotopic (exact) mass is 1780 g/mol. The number of benzene rings is 6. The number of carbonyl (C=O) groups excluding carboxylic acids is 3. The van der Waals surface area contributed by atoms with E-state index in [9.17, 15) is 34.3 Å². The molecule has 4 N–H and O–H groups in total. The molecule has 0 bridgehead atoms. The Hall–Kier alpha value is -13.6. The van der Waals surface area contributed by atoms with Crippen LogP contribution in [-0.4, -0.2) is 143 Å². The Balaban J connectivity index is 0.000000286. The van der Waals surface area contributed by atoms with Gasteiger partial charge in [0.25, 0.3) is 0 Å². The molecule has 25 nitrogen and oxygen atoms in total. The number of aryl methyl sites for hydroxylation is 3. The first-order chi connectivity index (χ1) is 86.5. The maximum absolute atomic E-state index is 13.7. The van der Waals surface area contributed by atoms with Gasteiger partial charge in [-0.25, -0.2) is 0 Å². The van der Waals surface area contributed by atoms with Gasteiger partial charge in [0, 0.05) is 165 Å². The van der Waals surface area contributed by atoms with E-state index in [-0.39, 0.29) is 37.1 Å². The Labute approximate surface area is 826 Å². The number of nitriles is 3. The molecule has 6 aromatic heterocycles. The lowest BCUT2D eigenvalue weighted by Crippen LogP contribution is -2.13. The molecular weight excluding hydrogens is 1620 g/mol. The lowest BCUT2D eigenvalue weighted by Gasteiger charge is -2.16. The largest absolute Gasteiger partial charge is 0.494 e. The van der Waals surface area contributed by atoms with Crippen LogP contribution in [0.2, 0.25) is 17.9 Å². The van der Waals surface area contributed by atoms with Crippen LogP contribution in [0.4, 0.5) is 39.8 Å². The van der Waals surface area contributed by atoms with Gasteiger partial charge in [0.2, 0.25) is 5.91 Å². The van der Waals surface area contributed by atoms with Crippen LogP contribution in [0, 0.1) is 54.8 Å². The van der Waals surface area contributed by atoms with Crippen molar-refractivity contribution in [2.75, 3.05) is 102 Å². The number of nitrogens with one attached hydrogen (secondary N) is 4. The number of halogens is 3. The third kappa shape index (κ3) is 26.7. The van der Waals surface area contributed by atoms with Crippen molar-refractivity contribution in [2.45, 2.75) is 73.9 Å². The summed E-state index contributed by atoms with van der Waals surface area (Å²) in [4.78, 5) is 64.0. The third-order valence-electron chi connectivity index (χ3n) is 14.0. The van der Waals surface area contributed by atoms with E-state index in [0.29, 0.717) is 7.05 Å². The van der Waals surface area contributed by atoms with Gasteiger partial charge in [0.15, 0.2) is 14.4 Å². The molecule has 0 radical (unpaired) electrons. The number of likely N-dealkylation sites (N-methyl/N-ethyl adjacent to an activating group) is 3. The van der Waals surface area contributed by atoms with Gasteiger partial charge >= 0.3 is 0 Å². The average molecular weight is 1780 g/mol. The van der Waals surface area contributed by atoms with Crippen LogP contribution in [0.3, 0.4) is 0 Å². The van der Waals surface area contributed by atoms with E-state index in [1.807, 2.05) is 0 Å². The molecule has 12 rings (SSSR count). The molecule has 0 spiro atoms. The highest BCUT2D eigenvalue weighted by atomic mass is 35.5. The van der Waals surface area contributed by atoms with Crippen molar-refractivity contribution < 1.29 is 136 Å². The van der Waals surface area contributed by atoms with Gasteiger partial charge in [-0.15, -0.1) is 0 Å². The second-order valence-electron chi connectivity index (χ2n) is 22.9. The molecule has 1 amide bonds. The van der Waals surface area contributed by atoms with Gasteiger partial charge in [-0.05, 0) is 204 Å². The first-order valence-corrected chi connectivity index (χ1v) is 34.6. The average Bonchev–Trinajstić information content (AvgIpc) is 0.717. The highest BCUT2D eigenvalue weighted by Gasteiger charge is 2.22. The molecule has 6 aromatic carbocycles. The number of nitrogens with zero attached hydrogens (tertiary/aromatic N) is 12. The fraction of sp³-hybridized carbons (Fsp3) is 0.242. The summed E-state index contributed by atoms with van der Waals surface area (Å²) in [7, 11) is 2.17. The summed E-state index contributed by atoms with van der Waals surface area (Å²) in [6, 6.07) is -27.1. The minimum atomic E-state index is -3.87. The number of amides is 1. The summed E-state index contributed by atoms with van der Waals surface area (Å²) in [6.45, 7) is -42.1. The zero-order chi connectivity index (χ0) is 147. The zero-order valence-electron chi connectivity index (χ0n) is 131. The molecule has 0 saturated carbocycles.